The number of piperidine rings is 1. The first-order valence-electron chi connectivity index (χ1n) is 7.41. The van der Waals surface area contributed by atoms with Crippen LogP contribution in [0.1, 0.15) is 18.4 Å². The molecule has 24 heavy (non-hydrogen) atoms. The Labute approximate surface area is 135 Å². The minimum absolute atomic E-state index is 0.0179. The van der Waals surface area contributed by atoms with Gasteiger partial charge in [-0.3, -0.25) is 4.90 Å². The maximum absolute atomic E-state index is 12.9. The van der Waals surface area contributed by atoms with Gasteiger partial charge >= 0.3 is 12.4 Å². The second-order valence-electron chi connectivity index (χ2n) is 5.89. The molecule has 1 unspecified atom stereocenters. The molecular formula is C15H18F6N2O. The van der Waals surface area contributed by atoms with E-state index in [4.69, 9.17) is 10.5 Å². The van der Waals surface area contributed by atoms with E-state index in [1.807, 2.05) is 0 Å². The zero-order valence-corrected chi connectivity index (χ0v) is 12.8. The van der Waals surface area contributed by atoms with Crippen LogP contribution in [-0.2, 0) is 6.54 Å². The third kappa shape index (κ3) is 5.47. The number of nitrogens with zero attached hydrogens (tertiary/aromatic N) is 1. The highest BCUT2D eigenvalue weighted by molar-refractivity contribution is 5.47. The monoisotopic (exact) mass is 356 g/mol. The molecule has 1 aromatic carbocycles. The summed E-state index contributed by atoms with van der Waals surface area (Å²) < 4.78 is 80.2. The van der Waals surface area contributed by atoms with Crippen molar-refractivity contribution in [3.05, 3.63) is 23.8 Å². The molecule has 0 radical (unpaired) electrons. The van der Waals surface area contributed by atoms with Crippen molar-refractivity contribution in [3.63, 3.8) is 0 Å². The third-order valence-corrected chi connectivity index (χ3v) is 3.84. The number of alkyl halides is 6. The molecule has 2 rings (SSSR count). The van der Waals surface area contributed by atoms with E-state index >= 15 is 0 Å². The van der Waals surface area contributed by atoms with Crippen molar-refractivity contribution >= 4 is 5.69 Å². The van der Waals surface area contributed by atoms with Gasteiger partial charge in [-0.1, -0.05) is 0 Å². The van der Waals surface area contributed by atoms with Crippen molar-refractivity contribution in [1.29, 1.82) is 0 Å². The van der Waals surface area contributed by atoms with Gasteiger partial charge < -0.3 is 10.5 Å². The molecule has 0 amide bonds. The lowest BCUT2D eigenvalue weighted by Crippen LogP contribution is -2.41. The van der Waals surface area contributed by atoms with Crippen LogP contribution in [0.3, 0.4) is 0 Å². The second kappa shape index (κ2) is 7.08. The molecule has 1 saturated heterocycles. The first kappa shape index (κ1) is 18.7. The summed E-state index contributed by atoms with van der Waals surface area (Å²) in [5.41, 5.74) is 6.30. The van der Waals surface area contributed by atoms with E-state index in [0.29, 0.717) is 24.2 Å². The molecule has 0 aromatic heterocycles. The van der Waals surface area contributed by atoms with E-state index in [2.05, 4.69) is 0 Å². The standard InChI is InChI=1S/C15H18F6N2O/c16-14(17,18)9-24-13-4-3-12(22)6-10(13)7-23-5-1-2-11(8-23)15(19,20)21/h3-4,6,11H,1-2,5,7-9,22H2. The molecule has 1 fully saturated rings. The first-order chi connectivity index (χ1) is 11.0. The Hall–Kier alpha value is -1.64. The fourth-order valence-corrected chi connectivity index (χ4v) is 2.73. The van der Waals surface area contributed by atoms with Gasteiger partial charge in [0.2, 0.25) is 0 Å². The van der Waals surface area contributed by atoms with Crippen LogP contribution >= 0.6 is 0 Å². The summed E-state index contributed by atoms with van der Waals surface area (Å²) >= 11 is 0. The number of rotatable bonds is 4. The van der Waals surface area contributed by atoms with Gasteiger partial charge in [0.1, 0.15) is 5.75 Å². The van der Waals surface area contributed by atoms with Crippen molar-refractivity contribution < 1.29 is 31.1 Å². The van der Waals surface area contributed by atoms with Crippen molar-refractivity contribution in [2.45, 2.75) is 31.7 Å². The van der Waals surface area contributed by atoms with Crippen molar-refractivity contribution in [2.75, 3.05) is 25.4 Å². The molecule has 0 saturated carbocycles. The van der Waals surface area contributed by atoms with E-state index in [1.54, 1.807) is 4.90 Å². The summed E-state index contributed by atoms with van der Waals surface area (Å²) in [5, 5.41) is 0. The molecule has 1 aromatic rings. The lowest BCUT2D eigenvalue weighted by atomic mass is 9.97. The Bertz CT molecular complexity index is 558. The van der Waals surface area contributed by atoms with Crippen LogP contribution in [0, 0.1) is 5.92 Å². The van der Waals surface area contributed by atoms with Crippen LogP contribution in [0.4, 0.5) is 32.0 Å². The zero-order valence-electron chi connectivity index (χ0n) is 12.8. The summed E-state index contributed by atoms with van der Waals surface area (Å²) in [5.74, 6) is -1.44. The third-order valence-electron chi connectivity index (χ3n) is 3.84. The van der Waals surface area contributed by atoms with Gasteiger partial charge in [-0.05, 0) is 37.6 Å². The largest absolute Gasteiger partial charge is 0.484 e. The van der Waals surface area contributed by atoms with Crippen molar-refractivity contribution in [1.82, 2.24) is 4.90 Å². The van der Waals surface area contributed by atoms with Gasteiger partial charge in [0.05, 0.1) is 5.92 Å². The van der Waals surface area contributed by atoms with Gasteiger partial charge in [0.15, 0.2) is 6.61 Å². The summed E-state index contributed by atoms with van der Waals surface area (Å²) in [6, 6.07) is 4.13. The van der Waals surface area contributed by atoms with Crippen LogP contribution in [0.25, 0.3) is 0 Å². The number of nitrogen functional groups attached to an aromatic ring is 1. The first-order valence-corrected chi connectivity index (χ1v) is 7.41. The minimum atomic E-state index is -4.49. The Kier molecular flexibility index (Phi) is 5.52. The van der Waals surface area contributed by atoms with Crippen LogP contribution in [0.5, 0.6) is 5.75 Å². The zero-order chi connectivity index (χ0) is 18.0. The number of nitrogens with two attached hydrogens (primary N) is 1. The molecule has 1 atom stereocenters. The SMILES string of the molecule is Nc1ccc(OCC(F)(F)F)c(CN2CCCC(C(F)(F)F)C2)c1. The average molecular weight is 356 g/mol. The molecule has 1 aliphatic rings. The van der Waals surface area contributed by atoms with Crippen molar-refractivity contribution in [2.24, 2.45) is 5.92 Å². The highest BCUT2D eigenvalue weighted by Gasteiger charge is 2.41. The van der Waals surface area contributed by atoms with Gasteiger partial charge in [0, 0.05) is 24.3 Å². The number of likely N-dealkylation sites (tertiary alicyclic amines) is 1. The lowest BCUT2D eigenvalue weighted by Gasteiger charge is -2.34. The normalized spacial score (nSPS) is 20.2. The van der Waals surface area contributed by atoms with E-state index < -0.39 is 24.9 Å². The molecule has 2 N–H and O–H groups in total. The molecule has 9 heteroatoms. The molecule has 0 bridgehead atoms. The van der Waals surface area contributed by atoms with Gasteiger partial charge in [0.25, 0.3) is 0 Å². The van der Waals surface area contributed by atoms with E-state index in [1.165, 1.54) is 18.2 Å². The molecule has 1 aliphatic heterocycles. The van der Waals surface area contributed by atoms with Crippen LogP contribution < -0.4 is 10.5 Å². The molecule has 0 aliphatic carbocycles. The highest BCUT2D eigenvalue weighted by atomic mass is 19.4. The quantitative estimate of drug-likeness (QED) is 0.655. The molecule has 0 spiro atoms. The minimum Gasteiger partial charge on any atom is -0.484 e. The summed E-state index contributed by atoms with van der Waals surface area (Å²) in [4.78, 5) is 1.57. The highest BCUT2D eigenvalue weighted by Crippen LogP contribution is 2.34. The second-order valence-corrected chi connectivity index (χ2v) is 5.89. The Balaban J connectivity index is 2.09. The van der Waals surface area contributed by atoms with Crippen LogP contribution in [-0.4, -0.2) is 36.9 Å². The predicted octanol–water partition coefficient (Wildman–Crippen LogP) is 3.98. The van der Waals surface area contributed by atoms with Gasteiger partial charge in [-0.25, -0.2) is 0 Å². The smallest absolute Gasteiger partial charge is 0.422 e. The maximum atomic E-state index is 12.9. The molecule has 1 heterocycles. The number of halogens is 6. The molecule has 136 valence electrons. The topological polar surface area (TPSA) is 38.5 Å². The lowest BCUT2D eigenvalue weighted by molar-refractivity contribution is -0.187. The number of benzene rings is 1. The number of hydrogen-bond acceptors (Lipinski definition) is 3. The number of hydrogen-bond donors (Lipinski definition) is 1. The van der Waals surface area contributed by atoms with Crippen LogP contribution in [0.2, 0.25) is 0 Å². The Morgan fingerprint density at radius 1 is 1.17 bits per heavy atom. The summed E-state index contributed by atoms with van der Waals surface area (Å²) in [6.45, 7) is -1.14. The Morgan fingerprint density at radius 2 is 1.88 bits per heavy atom. The van der Waals surface area contributed by atoms with Gasteiger partial charge in [-0.15, -0.1) is 0 Å². The fraction of sp³-hybridized carbons (Fsp3) is 0.600. The molecule has 3 nitrogen and oxygen atoms in total. The average Bonchev–Trinajstić information content (AvgIpc) is 2.45. The number of anilines is 1. The fourth-order valence-electron chi connectivity index (χ4n) is 2.73. The van der Waals surface area contributed by atoms with E-state index in [0.717, 1.165) is 0 Å². The molecular weight excluding hydrogens is 338 g/mol. The number of ether oxygens (including phenoxy) is 1. The maximum Gasteiger partial charge on any atom is 0.422 e. The van der Waals surface area contributed by atoms with Gasteiger partial charge in [-0.2, -0.15) is 26.3 Å². The summed E-state index contributed by atoms with van der Waals surface area (Å²) in [7, 11) is 0. The predicted molar refractivity (Wildman–Crippen MR) is 76.5 cm³/mol. The Morgan fingerprint density at radius 3 is 2.50 bits per heavy atom. The van der Waals surface area contributed by atoms with E-state index in [9.17, 15) is 26.3 Å². The van der Waals surface area contributed by atoms with Crippen molar-refractivity contribution in [3.8, 4) is 5.75 Å². The summed E-state index contributed by atoms with van der Waals surface area (Å²) in [6.07, 6.45) is -8.32. The van der Waals surface area contributed by atoms with E-state index in [-0.39, 0.29) is 25.3 Å². The van der Waals surface area contributed by atoms with Crippen LogP contribution in [0.15, 0.2) is 18.2 Å².